The maximum atomic E-state index is 2.42. The third-order valence-corrected chi connectivity index (χ3v) is 19.3. The summed E-state index contributed by atoms with van der Waals surface area (Å²) in [5.41, 5.74) is 22.1. The van der Waals surface area contributed by atoms with Gasteiger partial charge in [-0.3, -0.25) is 0 Å². The molecule has 0 fully saturated rings. The van der Waals surface area contributed by atoms with E-state index in [-0.39, 0.29) is 10.8 Å². The summed E-state index contributed by atoms with van der Waals surface area (Å²) in [4.78, 5) is 4.72. The van der Waals surface area contributed by atoms with E-state index in [4.69, 9.17) is 0 Å². The van der Waals surface area contributed by atoms with Crippen molar-refractivity contribution >= 4 is 87.0 Å². The van der Waals surface area contributed by atoms with E-state index in [0.717, 1.165) is 34.1 Å². The Labute approximate surface area is 465 Å². The minimum Gasteiger partial charge on any atom is -0.310 e. The van der Waals surface area contributed by atoms with E-state index in [1.807, 2.05) is 0 Å². The first kappa shape index (κ1) is 48.2. The van der Waals surface area contributed by atoms with Crippen LogP contribution in [-0.2, 0) is 10.8 Å². The number of hydrogen-bond donors (Lipinski definition) is 0. The summed E-state index contributed by atoms with van der Waals surface area (Å²) >= 11 is 0. The Balaban J connectivity index is 0.764. The van der Waals surface area contributed by atoms with Crippen LogP contribution in [0.5, 0.6) is 0 Å². The molecule has 2 aliphatic rings. The lowest BCUT2D eigenvalue weighted by molar-refractivity contribution is 0.660. The van der Waals surface area contributed by atoms with Gasteiger partial charge in [0.1, 0.15) is 0 Å². The molecule has 0 N–H and O–H groups in total. The second-order valence-electron chi connectivity index (χ2n) is 22.2. The van der Waals surface area contributed by atoms with Gasteiger partial charge in [-0.2, -0.15) is 0 Å². The van der Waals surface area contributed by atoms with Gasteiger partial charge >= 0.3 is 0 Å². The average Bonchev–Trinajstić information content (AvgIpc) is 4.23. The van der Waals surface area contributed by atoms with Crippen molar-refractivity contribution in [1.82, 2.24) is 0 Å². The molecule has 0 unspecified atom stereocenters. The van der Waals surface area contributed by atoms with Gasteiger partial charge in [0.05, 0.1) is 0 Å². The summed E-state index contributed by atoms with van der Waals surface area (Å²) in [7, 11) is -0.698. The molecule has 11 aromatic carbocycles. The molecule has 14 rings (SSSR count). The third-order valence-electron chi connectivity index (χ3n) is 16.7. The van der Waals surface area contributed by atoms with Crippen LogP contribution in [0.3, 0.4) is 0 Å². The number of para-hydroxylation sites is 4. The van der Waals surface area contributed by atoms with Gasteiger partial charge in [-0.1, -0.05) is 223 Å². The monoisotopic (exact) mass is 1030 g/mol. The predicted molar refractivity (Wildman–Crippen MR) is 341 cm³/mol. The average molecular weight is 1030 g/mol. The highest BCUT2D eigenvalue weighted by molar-refractivity contribution is 7.67. The first-order valence-corrected chi connectivity index (χ1v) is 28.9. The maximum absolute atomic E-state index is 2.42. The summed E-state index contributed by atoms with van der Waals surface area (Å²) in [6.45, 7) is 9.52. The largest absolute Gasteiger partial charge is 0.310 e. The fraction of sp³-hybridized carbons (Fsp3) is 0.0789. The molecule has 0 spiro atoms. The second kappa shape index (κ2) is 19.4. The Morgan fingerprint density at radius 2 is 0.570 bits per heavy atom. The van der Waals surface area contributed by atoms with Crippen LogP contribution in [0.1, 0.15) is 72.2 Å². The van der Waals surface area contributed by atoms with Crippen LogP contribution in [-0.4, -0.2) is 0 Å². The number of rotatable bonds is 11. The Morgan fingerprint density at radius 3 is 0.924 bits per heavy atom. The summed E-state index contributed by atoms with van der Waals surface area (Å²) in [5.74, 6) is 0. The number of hydrogen-bond acceptors (Lipinski definition) is 2. The zero-order valence-electron chi connectivity index (χ0n) is 45.0. The number of anilines is 6. The first-order chi connectivity index (χ1) is 38.7. The highest BCUT2D eigenvalue weighted by Gasteiger charge is 2.38. The smallest absolute Gasteiger partial charge is 0.0465 e. The fourth-order valence-corrected chi connectivity index (χ4v) is 15.3. The molecule has 0 aliphatic heterocycles. The lowest BCUT2D eigenvalue weighted by Crippen LogP contribution is -2.16. The molecule has 3 heteroatoms. The van der Waals surface area contributed by atoms with Gasteiger partial charge < -0.3 is 9.80 Å². The molecule has 0 radical (unpaired) electrons. The van der Waals surface area contributed by atoms with Crippen molar-refractivity contribution in [3.63, 3.8) is 0 Å². The molecule has 378 valence electrons. The molecule has 1 heterocycles. The van der Waals surface area contributed by atoms with Crippen molar-refractivity contribution in [2.45, 2.75) is 38.5 Å². The summed E-state index contributed by atoms with van der Waals surface area (Å²) in [6, 6.07) is 96.2. The predicted octanol–water partition coefficient (Wildman–Crippen LogP) is 21.9. The number of benzene rings is 11. The fourth-order valence-electron chi connectivity index (χ4n) is 12.7. The molecule has 79 heavy (non-hydrogen) atoms. The van der Waals surface area contributed by atoms with E-state index in [9.17, 15) is 0 Å². The molecule has 1 aromatic heterocycles. The molecule has 2 aliphatic carbocycles. The van der Waals surface area contributed by atoms with E-state index in [2.05, 4.69) is 323 Å². The highest BCUT2D eigenvalue weighted by Crippen LogP contribution is 2.56. The van der Waals surface area contributed by atoms with Gasteiger partial charge in [0.2, 0.25) is 0 Å². The SMILES string of the molecule is CC1(C)c2cc(C=Cc3ccc4c(c3)c3cc(C=Cc5ccc6c(c5)C(C)(C)c5cc(N(c7ccccc7)c7ccccc7)ccc5-6)ccc3p4-c3ccccc3)ccc2-c2ccc(N(c3ccccc3)c3ccccc3)cc21. The normalized spacial score (nSPS) is 13.9. The van der Waals surface area contributed by atoms with Crippen LogP contribution < -0.4 is 9.80 Å². The maximum Gasteiger partial charge on any atom is 0.0465 e. The molecule has 12 aromatic rings. The minimum atomic E-state index is -0.698. The summed E-state index contributed by atoms with van der Waals surface area (Å²) in [6.07, 6.45) is 9.20. The summed E-state index contributed by atoms with van der Waals surface area (Å²) in [5, 5.41) is 6.88. The topological polar surface area (TPSA) is 6.48 Å². The van der Waals surface area contributed by atoms with E-state index in [1.165, 1.54) is 93.1 Å². The van der Waals surface area contributed by atoms with Crippen molar-refractivity contribution in [2.75, 3.05) is 9.80 Å². The van der Waals surface area contributed by atoms with Gasteiger partial charge in [0.25, 0.3) is 0 Å². The number of nitrogens with zero attached hydrogens (tertiary/aromatic N) is 2. The van der Waals surface area contributed by atoms with Crippen LogP contribution in [0, 0.1) is 0 Å². The Hall–Kier alpha value is -9.20. The molecule has 2 nitrogen and oxygen atoms in total. The Kier molecular flexibility index (Phi) is 11.8. The quantitative estimate of drug-likeness (QED) is 0.119. The van der Waals surface area contributed by atoms with Crippen LogP contribution in [0.4, 0.5) is 34.1 Å². The lowest BCUT2D eigenvalue weighted by Gasteiger charge is -2.28. The van der Waals surface area contributed by atoms with Crippen molar-refractivity contribution in [2.24, 2.45) is 0 Å². The van der Waals surface area contributed by atoms with Gasteiger partial charge in [-0.25, -0.2) is 0 Å². The molecule has 0 saturated carbocycles. The third kappa shape index (κ3) is 8.43. The molecular formula is C76H59N2P. The second-order valence-corrected chi connectivity index (χ2v) is 24.4. The van der Waals surface area contributed by atoms with Crippen molar-refractivity contribution in [3.05, 3.63) is 305 Å². The van der Waals surface area contributed by atoms with E-state index in [1.54, 1.807) is 0 Å². The molecule has 0 bridgehead atoms. The van der Waals surface area contributed by atoms with Gasteiger partial charge in [0.15, 0.2) is 0 Å². The number of fused-ring (bicyclic) bond motifs is 9. The van der Waals surface area contributed by atoms with Crippen LogP contribution in [0.2, 0.25) is 0 Å². The Bertz CT molecular complexity index is 4000. The van der Waals surface area contributed by atoms with Crippen molar-refractivity contribution < 1.29 is 0 Å². The van der Waals surface area contributed by atoms with Gasteiger partial charge in [0, 0.05) is 55.2 Å². The van der Waals surface area contributed by atoms with E-state index < -0.39 is 7.53 Å². The molecular weight excluding hydrogens is 972 g/mol. The molecule has 0 amide bonds. The van der Waals surface area contributed by atoms with Crippen LogP contribution in [0.15, 0.2) is 261 Å². The molecule has 0 saturated heterocycles. The first-order valence-electron chi connectivity index (χ1n) is 27.6. The van der Waals surface area contributed by atoms with Crippen molar-refractivity contribution in [3.8, 4) is 27.6 Å². The van der Waals surface area contributed by atoms with Crippen molar-refractivity contribution in [1.29, 1.82) is 0 Å². The highest BCUT2D eigenvalue weighted by atomic mass is 31.1. The molecule has 0 atom stereocenters. The van der Waals surface area contributed by atoms with Gasteiger partial charge in [-0.05, 0) is 180 Å². The zero-order chi connectivity index (χ0) is 53.2. The van der Waals surface area contributed by atoms with E-state index >= 15 is 0 Å². The van der Waals surface area contributed by atoms with Gasteiger partial charge in [-0.15, -0.1) is 0 Å². The minimum absolute atomic E-state index is 0.177. The van der Waals surface area contributed by atoms with Crippen LogP contribution in [0.25, 0.3) is 72.9 Å². The van der Waals surface area contributed by atoms with E-state index in [0.29, 0.717) is 0 Å². The summed E-state index contributed by atoms with van der Waals surface area (Å²) < 4.78 is 0. The van der Waals surface area contributed by atoms with Crippen LogP contribution >= 0.6 is 7.53 Å². The Morgan fingerprint density at radius 1 is 0.278 bits per heavy atom. The standard InChI is InChI=1S/C76H59N2P/c1-75(2)69-48-54(34-40-63(69)65-42-38-60(50-71(65)75)77(56-20-10-5-11-21-56)57-22-12-6-13-23-57)32-30-52-36-44-73-67(46-52)68-47-53(37-45-74(68)79(73)62-28-18-9-19-29-62)31-33-55-35-41-64-66-43-39-61(51-72(66)76(3,4)70(64)49-55)78(58-24-14-7-15-25-58)59-26-16-8-17-27-59/h5-51H,1-4H3. The zero-order valence-corrected chi connectivity index (χ0v) is 45.9. The lowest BCUT2D eigenvalue weighted by atomic mass is 9.81.